The molecular formula is C12H7F2N3S. The van der Waals surface area contributed by atoms with Gasteiger partial charge in [-0.2, -0.15) is 5.26 Å². The molecule has 0 bridgehead atoms. The molecule has 90 valence electrons. The molecule has 2 rings (SSSR count). The Kier molecular flexibility index (Phi) is 3.44. The summed E-state index contributed by atoms with van der Waals surface area (Å²) in [6.07, 6.45) is 1.33. The maximum atomic E-state index is 13.4. The largest absolute Gasteiger partial charge is 0.396 e. The molecule has 1 aromatic carbocycles. The first-order valence-electron chi connectivity index (χ1n) is 4.88. The molecule has 6 heteroatoms. The van der Waals surface area contributed by atoms with Crippen LogP contribution in [0.3, 0.4) is 0 Å². The van der Waals surface area contributed by atoms with Gasteiger partial charge in [0, 0.05) is 6.20 Å². The van der Waals surface area contributed by atoms with E-state index in [2.05, 4.69) is 4.98 Å². The molecule has 0 spiro atoms. The Hall–Kier alpha value is -2.13. The molecule has 0 aliphatic carbocycles. The second-order valence-corrected chi connectivity index (χ2v) is 4.44. The number of nitrogens with two attached hydrogens (primary N) is 1. The molecule has 0 unspecified atom stereocenters. The smallest absolute Gasteiger partial charge is 0.137 e. The van der Waals surface area contributed by atoms with Crippen molar-refractivity contribution in [1.82, 2.24) is 4.98 Å². The zero-order valence-corrected chi connectivity index (χ0v) is 9.84. The van der Waals surface area contributed by atoms with Gasteiger partial charge >= 0.3 is 0 Å². The Bertz CT molecular complexity index is 638. The fraction of sp³-hybridized carbons (Fsp3) is 0. The normalized spacial score (nSPS) is 10.1. The zero-order chi connectivity index (χ0) is 13.1. The Morgan fingerprint density at radius 3 is 2.72 bits per heavy atom. The standard InChI is InChI=1S/C12H7F2N3S/c13-8-1-2-9(14)11(4-8)18-12-10(16)3-7(5-15)6-17-12/h1-4,6H,16H2. The van der Waals surface area contributed by atoms with Crippen molar-refractivity contribution >= 4 is 17.4 Å². The molecule has 2 aromatic rings. The third kappa shape index (κ3) is 2.57. The van der Waals surface area contributed by atoms with Crippen LogP contribution in [0.15, 0.2) is 40.4 Å². The molecule has 1 heterocycles. The van der Waals surface area contributed by atoms with E-state index in [-0.39, 0.29) is 10.6 Å². The lowest BCUT2D eigenvalue weighted by Gasteiger charge is -2.05. The van der Waals surface area contributed by atoms with Crippen LogP contribution in [0.2, 0.25) is 0 Å². The summed E-state index contributed by atoms with van der Waals surface area (Å²) in [4.78, 5) is 4.04. The summed E-state index contributed by atoms with van der Waals surface area (Å²) in [5, 5.41) is 8.99. The average Bonchev–Trinajstić information content (AvgIpc) is 2.36. The van der Waals surface area contributed by atoms with Crippen molar-refractivity contribution in [2.45, 2.75) is 9.92 Å². The maximum Gasteiger partial charge on any atom is 0.137 e. The highest BCUT2D eigenvalue weighted by Gasteiger charge is 2.10. The minimum atomic E-state index is -0.549. The number of anilines is 1. The molecule has 0 fully saturated rings. The number of benzene rings is 1. The topological polar surface area (TPSA) is 62.7 Å². The van der Waals surface area contributed by atoms with Gasteiger partial charge in [0.25, 0.3) is 0 Å². The monoisotopic (exact) mass is 263 g/mol. The molecule has 0 aliphatic rings. The molecule has 0 aliphatic heterocycles. The minimum absolute atomic E-state index is 0.0962. The highest BCUT2D eigenvalue weighted by atomic mass is 32.2. The van der Waals surface area contributed by atoms with Crippen molar-refractivity contribution < 1.29 is 8.78 Å². The van der Waals surface area contributed by atoms with E-state index in [1.807, 2.05) is 6.07 Å². The summed E-state index contributed by atoms with van der Waals surface area (Å²) in [6.45, 7) is 0. The SMILES string of the molecule is N#Cc1cnc(Sc2cc(F)ccc2F)c(N)c1. The van der Waals surface area contributed by atoms with E-state index < -0.39 is 11.6 Å². The Labute approximate surface area is 106 Å². The first-order valence-corrected chi connectivity index (χ1v) is 5.70. The summed E-state index contributed by atoms with van der Waals surface area (Å²) in [5.41, 5.74) is 6.25. The van der Waals surface area contributed by atoms with Crippen LogP contribution in [0.4, 0.5) is 14.5 Å². The van der Waals surface area contributed by atoms with Crippen molar-refractivity contribution in [3.05, 3.63) is 47.7 Å². The second kappa shape index (κ2) is 5.02. The van der Waals surface area contributed by atoms with Gasteiger partial charge in [-0.3, -0.25) is 0 Å². The molecular weight excluding hydrogens is 256 g/mol. The first kappa shape index (κ1) is 12.3. The van der Waals surface area contributed by atoms with E-state index >= 15 is 0 Å². The lowest BCUT2D eigenvalue weighted by molar-refractivity contribution is 0.577. The predicted octanol–water partition coefficient (Wildman–Crippen LogP) is 2.96. The summed E-state index contributed by atoms with van der Waals surface area (Å²) >= 11 is 0.914. The molecule has 1 aromatic heterocycles. The van der Waals surface area contributed by atoms with Gasteiger partial charge in [0.1, 0.15) is 22.7 Å². The molecule has 0 saturated heterocycles. The number of pyridine rings is 1. The van der Waals surface area contributed by atoms with Gasteiger partial charge < -0.3 is 5.73 Å². The van der Waals surface area contributed by atoms with Crippen LogP contribution in [-0.2, 0) is 0 Å². The van der Waals surface area contributed by atoms with Crippen molar-refractivity contribution in [2.24, 2.45) is 0 Å². The van der Waals surface area contributed by atoms with Gasteiger partial charge in [-0.15, -0.1) is 0 Å². The fourth-order valence-electron chi connectivity index (χ4n) is 1.28. The molecule has 0 saturated carbocycles. The Morgan fingerprint density at radius 2 is 2.06 bits per heavy atom. The van der Waals surface area contributed by atoms with Crippen LogP contribution in [0.25, 0.3) is 0 Å². The zero-order valence-electron chi connectivity index (χ0n) is 9.02. The molecule has 3 nitrogen and oxygen atoms in total. The Morgan fingerprint density at radius 1 is 1.28 bits per heavy atom. The fourth-order valence-corrected chi connectivity index (χ4v) is 2.10. The summed E-state index contributed by atoms with van der Waals surface area (Å²) in [7, 11) is 0. The van der Waals surface area contributed by atoms with Gasteiger partial charge in [-0.1, -0.05) is 11.8 Å². The van der Waals surface area contributed by atoms with Gasteiger partial charge in [0.05, 0.1) is 16.1 Å². The van der Waals surface area contributed by atoms with Crippen LogP contribution in [0, 0.1) is 23.0 Å². The highest BCUT2D eigenvalue weighted by Crippen LogP contribution is 2.32. The van der Waals surface area contributed by atoms with Gasteiger partial charge in [0.15, 0.2) is 0 Å². The number of rotatable bonds is 2. The van der Waals surface area contributed by atoms with E-state index in [1.165, 1.54) is 12.3 Å². The highest BCUT2D eigenvalue weighted by molar-refractivity contribution is 7.99. The minimum Gasteiger partial charge on any atom is -0.396 e. The van der Waals surface area contributed by atoms with Crippen LogP contribution < -0.4 is 5.73 Å². The van der Waals surface area contributed by atoms with E-state index in [1.54, 1.807) is 0 Å². The molecule has 0 amide bonds. The van der Waals surface area contributed by atoms with Crippen LogP contribution >= 0.6 is 11.8 Å². The third-order valence-electron chi connectivity index (χ3n) is 2.11. The van der Waals surface area contributed by atoms with E-state index in [9.17, 15) is 8.78 Å². The van der Waals surface area contributed by atoms with Crippen molar-refractivity contribution in [3.8, 4) is 6.07 Å². The second-order valence-electron chi connectivity index (χ2n) is 3.41. The quantitative estimate of drug-likeness (QED) is 0.904. The number of hydrogen-bond donors (Lipinski definition) is 1. The lowest BCUT2D eigenvalue weighted by Crippen LogP contribution is -1.94. The van der Waals surface area contributed by atoms with E-state index in [0.29, 0.717) is 10.6 Å². The Balaban J connectivity index is 2.34. The summed E-state index contributed by atoms with van der Waals surface area (Å²) in [5.74, 6) is -1.09. The van der Waals surface area contributed by atoms with Crippen LogP contribution in [0.1, 0.15) is 5.56 Å². The van der Waals surface area contributed by atoms with Crippen molar-refractivity contribution in [1.29, 1.82) is 5.26 Å². The number of aromatic nitrogens is 1. The van der Waals surface area contributed by atoms with Crippen LogP contribution in [-0.4, -0.2) is 4.98 Å². The molecule has 0 atom stereocenters. The number of halogens is 2. The lowest BCUT2D eigenvalue weighted by atomic mass is 10.3. The summed E-state index contributed by atoms with van der Waals surface area (Å²) in [6, 6.07) is 6.48. The van der Waals surface area contributed by atoms with Gasteiger partial charge in [-0.05, 0) is 24.3 Å². The number of nitrogens with zero attached hydrogens (tertiary/aromatic N) is 2. The predicted molar refractivity (Wildman–Crippen MR) is 63.8 cm³/mol. The summed E-state index contributed by atoms with van der Waals surface area (Å²) < 4.78 is 26.4. The maximum absolute atomic E-state index is 13.4. The van der Waals surface area contributed by atoms with E-state index in [4.69, 9.17) is 11.0 Å². The third-order valence-corrected chi connectivity index (χ3v) is 3.18. The molecule has 0 radical (unpaired) electrons. The van der Waals surface area contributed by atoms with Gasteiger partial charge in [-0.25, -0.2) is 13.8 Å². The van der Waals surface area contributed by atoms with Crippen molar-refractivity contribution in [2.75, 3.05) is 5.73 Å². The van der Waals surface area contributed by atoms with Gasteiger partial charge in [0.2, 0.25) is 0 Å². The number of hydrogen-bond acceptors (Lipinski definition) is 4. The average molecular weight is 263 g/mol. The first-order chi connectivity index (χ1) is 8.60. The molecule has 18 heavy (non-hydrogen) atoms. The van der Waals surface area contributed by atoms with E-state index in [0.717, 1.165) is 30.0 Å². The number of nitrogen functional groups attached to an aromatic ring is 1. The molecule has 2 N–H and O–H groups in total. The van der Waals surface area contributed by atoms with Crippen LogP contribution in [0.5, 0.6) is 0 Å². The van der Waals surface area contributed by atoms with Crippen molar-refractivity contribution in [3.63, 3.8) is 0 Å². The number of nitriles is 1.